The van der Waals surface area contributed by atoms with Crippen LogP contribution in [-0.4, -0.2) is 156 Å². The van der Waals surface area contributed by atoms with Gasteiger partial charge in [-0.1, -0.05) is 6.92 Å². The summed E-state index contributed by atoms with van der Waals surface area (Å²) >= 11 is 1.72. The third-order valence-corrected chi connectivity index (χ3v) is 9.14. The molecule has 2 aromatic rings. The number of carbonyl (C=O) groups is 4. The predicted molar refractivity (Wildman–Crippen MR) is 165 cm³/mol. The van der Waals surface area contributed by atoms with E-state index in [1.165, 1.54) is 5.69 Å². The lowest BCUT2D eigenvalue weighted by Crippen LogP contribution is -2.56. The number of piperidine rings is 1. The molecule has 0 aliphatic carbocycles. The van der Waals surface area contributed by atoms with Crippen LogP contribution < -0.4 is 0 Å². The van der Waals surface area contributed by atoms with Gasteiger partial charge in [-0.2, -0.15) is 39.5 Å². The van der Waals surface area contributed by atoms with Gasteiger partial charge in [-0.25, -0.2) is 19.4 Å². The minimum atomic E-state index is -5.08. The number of alkyl halides is 9. The van der Waals surface area contributed by atoms with Crippen molar-refractivity contribution in [1.29, 1.82) is 0 Å². The lowest BCUT2D eigenvalue weighted by Gasteiger charge is -2.49. The van der Waals surface area contributed by atoms with Gasteiger partial charge in [-0.3, -0.25) is 14.6 Å². The summed E-state index contributed by atoms with van der Waals surface area (Å²) in [5.74, 6) is -6.73. The Hall–Kier alpha value is -4.10. The molecule has 3 aliphatic rings. The summed E-state index contributed by atoms with van der Waals surface area (Å²) in [6.07, 6.45) is -13.3. The minimum absolute atomic E-state index is 0.0375. The molecule has 3 aliphatic heterocycles. The summed E-state index contributed by atoms with van der Waals surface area (Å²) < 4.78 is 97.3. The summed E-state index contributed by atoms with van der Waals surface area (Å²) in [6.45, 7) is 13.3. The fraction of sp³-hybridized carbons (Fsp3) is 0.679. The van der Waals surface area contributed by atoms with Crippen molar-refractivity contribution >= 4 is 35.2 Å². The minimum Gasteiger partial charge on any atom is -0.475 e. The number of nitrogens with zero attached hydrogens (tertiary/aromatic N) is 8. The summed E-state index contributed by atoms with van der Waals surface area (Å²) in [5.41, 5.74) is 1.03. The number of piperazine rings is 1. The van der Waals surface area contributed by atoms with Crippen LogP contribution in [0.2, 0.25) is 0 Å². The van der Waals surface area contributed by atoms with Gasteiger partial charge in [0.05, 0.1) is 16.2 Å². The van der Waals surface area contributed by atoms with Crippen molar-refractivity contribution in [3.8, 4) is 0 Å². The smallest absolute Gasteiger partial charge is 0.475 e. The normalized spacial score (nSPS) is 18.0. The first-order chi connectivity index (χ1) is 24.3. The van der Waals surface area contributed by atoms with E-state index in [2.05, 4.69) is 60.7 Å². The number of carbonyl (C=O) groups excluding carboxylic acids is 1. The quantitative estimate of drug-likeness (QED) is 0.384. The van der Waals surface area contributed by atoms with Crippen LogP contribution in [0.4, 0.5) is 39.5 Å². The molecule has 15 nitrogen and oxygen atoms in total. The fourth-order valence-electron chi connectivity index (χ4n) is 5.46. The molecular weight excluding hydrogens is 763 g/mol. The average Bonchev–Trinajstić information content (AvgIpc) is 3.69. The molecule has 2 fully saturated rings. The monoisotopic (exact) mass is 800 g/mol. The van der Waals surface area contributed by atoms with E-state index in [9.17, 15) is 44.3 Å². The van der Waals surface area contributed by atoms with E-state index in [1.807, 2.05) is 4.90 Å². The Morgan fingerprint density at radius 1 is 0.755 bits per heavy atom. The Balaban J connectivity index is 0.000000379. The standard InChI is InChI=1S/C22H34N8OS.3C2HF3O2/c1-4-27-10-12-29(13-11-27)20(31)19-24-25-21-22(26(3)9-14-30(19)21)5-7-28(8-6-22)15-18-16-32-17(2)23-18;3*3-2(4,5)1(6)7/h16H,4-15H2,1-3H3;3*(H,6,7). The van der Waals surface area contributed by atoms with Gasteiger partial charge in [0, 0.05) is 64.3 Å². The first-order valence-electron chi connectivity index (χ1n) is 15.5. The molecule has 2 aromatic heterocycles. The van der Waals surface area contributed by atoms with Crippen molar-refractivity contribution < 1.29 is 74.0 Å². The highest BCUT2D eigenvalue weighted by atomic mass is 32.1. The molecule has 0 atom stereocenters. The molecule has 0 radical (unpaired) electrons. The zero-order chi connectivity index (χ0) is 40.5. The van der Waals surface area contributed by atoms with Crippen molar-refractivity contribution in [2.45, 2.75) is 63.8 Å². The van der Waals surface area contributed by atoms with Crippen LogP contribution in [0.3, 0.4) is 0 Å². The van der Waals surface area contributed by atoms with E-state index in [0.717, 1.165) is 89.1 Å². The number of aryl methyl sites for hydroxylation is 1. The molecule has 1 spiro atoms. The molecule has 3 N–H and O–H groups in total. The third-order valence-electron chi connectivity index (χ3n) is 8.32. The van der Waals surface area contributed by atoms with E-state index < -0.39 is 36.4 Å². The topological polar surface area (TPSA) is 186 Å². The second-order valence-electron chi connectivity index (χ2n) is 11.7. The van der Waals surface area contributed by atoms with Crippen LogP contribution in [0.5, 0.6) is 0 Å². The van der Waals surface area contributed by atoms with Crippen molar-refractivity contribution in [1.82, 2.24) is 39.3 Å². The Kier molecular flexibility index (Phi) is 15.5. The average molecular weight is 801 g/mol. The van der Waals surface area contributed by atoms with E-state index in [-0.39, 0.29) is 11.4 Å². The molecule has 1 amide bonds. The molecule has 300 valence electrons. The lowest BCUT2D eigenvalue weighted by atomic mass is 9.83. The molecule has 2 saturated heterocycles. The van der Waals surface area contributed by atoms with Gasteiger partial charge in [0.25, 0.3) is 5.91 Å². The highest BCUT2D eigenvalue weighted by Crippen LogP contribution is 2.40. The van der Waals surface area contributed by atoms with E-state index in [4.69, 9.17) is 29.7 Å². The SMILES string of the molecule is CCN1CCN(C(=O)c2nnc3n2CCN(C)C32CCN(Cc3csc(C)n3)CC2)CC1.O=C(O)C(F)(F)F.O=C(O)C(F)(F)F.O=C(O)C(F)(F)F. The zero-order valence-electron chi connectivity index (χ0n) is 28.4. The van der Waals surface area contributed by atoms with E-state index >= 15 is 0 Å². The Bertz CT molecular complexity index is 1490. The van der Waals surface area contributed by atoms with Crippen molar-refractivity contribution in [3.63, 3.8) is 0 Å². The molecule has 0 aromatic carbocycles. The summed E-state index contributed by atoms with van der Waals surface area (Å²) in [6, 6.07) is 0. The number of aliphatic carboxylic acids is 3. The van der Waals surface area contributed by atoms with Crippen LogP contribution in [0.25, 0.3) is 0 Å². The number of likely N-dealkylation sites (N-methyl/N-ethyl adjacent to an activating group) is 2. The largest absolute Gasteiger partial charge is 0.490 e. The number of fused-ring (bicyclic) bond motifs is 2. The fourth-order valence-corrected chi connectivity index (χ4v) is 6.06. The number of carboxylic acids is 3. The molecule has 25 heteroatoms. The Morgan fingerprint density at radius 3 is 1.62 bits per heavy atom. The maximum Gasteiger partial charge on any atom is 0.490 e. The maximum absolute atomic E-state index is 13.3. The predicted octanol–water partition coefficient (Wildman–Crippen LogP) is 3.16. The van der Waals surface area contributed by atoms with Crippen LogP contribution >= 0.6 is 11.3 Å². The first-order valence-corrected chi connectivity index (χ1v) is 16.4. The van der Waals surface area contributed by atoms with Crippen LogP contribution in [0.1, 0.15) is 46.9 Å². The van der Waals surface area contributed by atoms with Crippen molar-refractivity contribution in [2.75, 3.05) is 59.4 Å². The molecule has 5 heterocycles. The number of likely N-dealkylation sites (tertiary alicyclic amines) is 1. The number of hydrogen-bond acceptors (Lipinski definition) is 11. The van der Waals surface area contributed by atoms with Crippen LogP contribution in [-0.2, 0) is 33.0 Å². The number of halogens is 9. The maximum atomic E-state index is 13.3. The van der Waals surface area contributed by atoms with Crippen molar-refractivity contribution in [2.24, 2.45) is 0 Å². The van der Waals surface area contributed by atoms with Gasteiger partial charge >= 0.3 is 36.4 Å². The van der Waals surface area contributed by atoms with Crippen LogP contribution in [0, 0.1) is 6.92 Å². The molecule has 53 heavy (non-hydrogen) atoms. The summed E-state index contributed by atoms with van der Waals surface area (Å²) in [4.78, 5) is 53.9. The summed E-state index contributed by atoms with van der Waals surface area (Å²) in [7, 11) is 2.20. The lowest BCUT2D eigenvalue weighted by molar-refractivity contribution is -0.193. The van der Waals surface area contributed by atoms with Gasteiger partial charge in [0.2, 0.25) is 5.82 Å². The Morgan fingerprint density at radius 2 is 1.23 bits per heavy atom. The second kappa shape index (κ2) is 18.3. The van der Waals surface area contributed by atoms with Crippen LogP contribution in [0.15, 0.2) is 5.38 Å². The first kappa shape index (κ1) is 45.1. The number of carboxylic acid groups (broad SMARTS) is 3. The van der Waals surface area contributed by atoms with E-state index in [0.29, 0.717) is 5.82 Å². The summed E-state index contributed by atoms with van der Waals surface area (Å²) in [5, 5.41) is 33.7. The number of thiazole rings is 1. The third kappa shape index (κ3) is 12.8. The van der Waals surface area contributed by atoms with Gasteiger partial charge in [-0.05, 0) is 33.4 Å². The molecule has 0 saturated carbocycles. The van der Waals surface area contributed by atoms with E-state index in [1.54, 1.807) is 11.3 Å². The molecule has 0 unspecified atom stereocenters. The zero-order valence-corrected chi connectivity index (χ0v) is 29.2. The molecular formula is C28H37F9N8O7S. The number of rotatable bonds is 4. The van der Waals surface area contributed by atoms with Gasteiger partial charge < -0.3 is 29.7 Å². The second-order valence-corrected chi connectivity index (χ2v) is 12.8. The highest BCUT2D eigenvalue weighted by molar-refractivity contribution is 7.09. The Labute approximate surface area is 299 Å². The van der Waals surface area contributed by atoms with Gasteiger partial charge in [0.1, 0.15) is 0 Å². The number of hydrogen-bond donors (Lipinski definition) is 3. The number of amides is 1. The van der Waals surface area contributed by atoms with Crippen molar-refractivity contribution in [3.05, 3.63) is 27.7 Å². The highest BCUT2D eigenvalue weighted by Gasteiger charge is 2.47. The molecule has 0 bridgehead atoms. The number of aromatic nitrogens is 4. The van der Waals surface area contributed by atoms with Gasteiger partial charge in [-0.15, -0.1) is 21.5 Å². The van der Waals surface area contributed by atoms with Gasteiger partial charge in [0.15, 0.2) is 5.82 Å². The molecule has 5 rings (SSSR count).